The third kappa shape index (κ3) is 7.98. The van der Waals surface area contributed by atoms with Crippen molar-refractivity contribution in [2.45, 2.75) is 19.3 Å². The summed E-state index contributed by atoms with van der Waals surface area (Å²) in [5, 5.41) is 0. The molecule has 1 aliphatic carbocycles. The van der Waals surface area contributed by atoms with Crippen LogP contribution in [0.1, 0.15) is 66.8 Å². The molecule has 0 aliphatic heterocycles. The summed E-state index contributed by atoms with van der Waals surface area (Å²) in [6, 6.07) is 93.6. The first-order valence-electron chi connectivity index (χ1n) is 23.3. The van der Waals surface area contributed by atoms with Crippen LogP contribution in [-0.4, -0.2) is 0 Å². The highest BCUT2D eigenvalue weighted by molar-refractivity contribution is 5.93. The Labute approximate surface area is 395 Å². The molecule has 0 bridgehead atoms. The van der Waals surface area contributed by atoms with Crippen LogP contribution in [0.4, 0.5) is 0 Å². The lowest BCUT2D eigenvalue weighted by Gasteiger charge is -2.34. The van der Waals surface area contributed by atoms with E-state index in [0.717, 1.165) is 0 Å². The molecular formula is C67H50. The van der Waals surface area contributed by atoms with Gasteiger partial charge < -0.3 is 0 Å². The average Bonchev–Trinajstić information content (AvgIpc) is 3.70. The van der Waals surface area contributed by atoms with E-state index in [4.69, 9.17) is 0 Å². The molecule has 67 heavy (non-hydrogen) atoms. The van der Waals surface area contributed by atoms with Gasteiger partial charge in [0.1, 0.15) is 0 Å². The molecular weight excluding hydrogens is 805 g/mol. The lowest BCUT2D eigenvalue weighted by atomic mass is 9.67. The predicted octanol–water partition coefficient (Wildman–Crippen LogP) is 17.2. The Morgan fingerprint density at radius 3 is 0.940 bits per heavy atom. The zero-order chi connectivity index (χ0) is 45.2. The molecule has 10 aromatic carbocycles. The van der Waals surface area contributed by atoms with Gasteiger partial charge in [0, 0.05) is 0 Å². The van der Waals surface area contributed by atoms with Gasteiger partial charge in [0.05, 0.1) is 5.41 Å². The van der Waals surface area contributed by atoms with Gasteiger partial charge >= 0.3 is 0 Å². The molecule has 0 heteroatoms. The summed E-state index contributed by atoms with van der Waals surface area (Å²) < 4.78 is 0. The van der Waals surface area contributed by atoms with E-state index in [1.54, 1.807) is 0 Å². The van der Waals surface area contributed by atoms with Crippen LogP contribution in [0, 0.1) is 13.8 Å². The molecule has 11 rings (SSSR count). The van der Waals surface area contributed by atoms with E-state index in [1.807, 2.05) is 0 Å². The summed E-state index contributed by atoms with van der Waals surface area (Å²) in [6.45, 7) is 4.27. The highest BCUT2D eigenvalue weighted by atomic mass is 14.5. The largest absolute Gasteiger partial charge is 0.0713 e. The Bertz CT molecular complexity index is 3140. The molecule has 10 aromatic rings. The summed E-state index contributed by atoms with van der Waals surface area (Å²) in [6.07, 6.45) is 4.61. The molecule has 0 fully saturated rings. The fourth-order valence-electron chi connectivity index (χ4n) is 10.1. The number of benzene rings is 10. The first-order valence-corrected chi connectivity index (χ1v) is 23.3. The molecule has 0 radical (unpaired) electrons. The van der Waals surface area contributed by atoms with E-state index in [1.165, 1.54) is 111 Å². The second kappa shape index (κ2) is 17.9. The molecule has 0 aromatic heterocycles. The van der Waals surface area contributed by atoms with E-state index in [0.29, 0.717) is 0 Å². The minimum atomic E-state index is -0.485. The maximum absolute atomic E-state index is 2.35. The Morgan fingerprint density at radius 1 is 0.284 bits per heavy atom. The van der Waals surface area contributed by atoms with Gasteiger partial charge in [-0.05, 0) is 126 Å². The van der Waals surface area contributed by atoms with Gasteiger partial charge in [-0.15, -0.1) is 0 Å². The monoisotopic (exact) mass is 854 g/mol. The van der Waals surface area contributed by atoms with E-state index in [2.05, 4.69) is 281 Å². The summed E-state index contributed by atoms with van der Waals surface area (Å²) >= 11 is 0. The summed E-state index contributed by atoms with van der Waals surface area (Å²) in [7, 11) is 0. The predicted molar refractivity (Wildman–Crippen MR) is 284 cm³/mol. The topological polar surface area (TPSA) is 0 Å². The molecule has 0 nitrogen and oxygen atoms in total. The van der Waals surface area contributed by atoms with E-state index in [9.17, 15) is 0 Å². The van der Waals surface area contributed by atoms with Crippen molar-refractivity contribution in [1.82, 2.24) is 0 Å². The minimum Gasteiger partial charge on any atom is -0.0622 e. The fourth-order valence-corrected chi connectivity index (χ4v) is 10.1. The number of rotatable bonds is 10. The molecule has 318 valence electrons. The molecule has 0 atom stereocenters. The van der Waals surface area contributed by atoms with Crippen LogP contribution < -0.4 is 0 Å². The lowest BCUT2D eigenvalue weighted by Crippen LogP contribution is -2.28. The minimum absolute atomic E-state index is 0.485. The smallest absolute Gasteiger partial charge is 0.0622 e. The Balaban J connectivity index is 0.927. The number of hydrogen-bond acceptors (Lipinski definition) is 0. The van der Waals surface area contributed by atoms with Gasteiger partial charge in [-0.1, -0.05) is 266 Å². The van der Waals surface area contributed by atoms with Gasteiger partial charge in [-0.25, -0.2) is 0 Å². The van der Waals surface area contributed by atoms with Crippen LogP contribution >= 0.6 is 0 Å². The van der Waals surface area contributed by atoms with Crippen molar-refractivity contribution in [3.63, 3.8) is 0 Å². The number of aryl methyl sites for hydroxylation is 2. The standard InChI is InChI=1S/C67H50/c1-47-21-29-57(30-22-47)63(55-13-5-3-6-14-55)45-49-25-33-51(34-26-49)53-37-41-59(42-38-53)67(65-19-11-9-17-61(65)62-18-10-12-20-66(62)67)60-43-39-54(40-44-60)52-35-27-50(28-36-52)46-64(56-15-7-4-8-16-56)58-31-23-48(2)24-32-58/h3-46H,1-2H3. The van der Waals surface area contributed by atoms with Crippen molar-refractivity contribution in [3.8, 4) is 33.4 Å². The Hall–Kier alpha value is -8.32. The molecule has 1 aliphatic rings. The highest BCUT2D eigenvalue weighted by Crippen LogP contribution is 2.56. The van der Waals surface area contributed by atoms with Crippen molar-refractivity contribution in [2.24, 2.45) is 0 Å². The van der Waals surface area contributed by atoms with Crippen LogP contribution in [0.2, 0.25) is 0 Å². The van der Waals surface area contributed by atoms with Gasteiger partial charge in [-0.3, -0.25) is 0 Å². The van der Waals surface area contributed by atoms with Crippen molar-refractivity contribution in [1.29, 1.82) is 0 Å². The van der Waals surface area contributed by atoms with Gasteiger partial charge in [0.25, 0.3) is 0 Å². The Kier molecular flexibility index (Phi) is 11.1. The number of hydrogen-bond donors (Lipinski definition) is 0. The fraction of sp³-hybridized carbons (Fsp3) is 0.0448. The van der Waals surface area contributed by atoms with E-state index in [-0.39, 0.29) is 0 Å². The van der Waals surface area contributed by atoms with Crippen LogP contribution in [0.15, 0.2) is 255 Å². The van der Waals surface area contributed by atoms with Crippen LogP contribution in [0.25, 0.3) is 56.7 Å². The summed E-state index contributed by atoms with van der Waals surface area (Å²) in [5.74, 6) is 0. The molecule has 0 saturated heterocycles. The van der Waals surface area contributed by atoms with Crippen LogP contribution in [0.3, 0.4) is 0 Å². The van der Waals surface area contributed by atoms with Gasteiger partial charge in [0.2, 0.25) is 0 Å². The Morgan fingerprint density at radius 2 is 0.582 bits per heavy atom. The first-order chi connectivity index (χ1) is 33.0. The second-order valence-corrected chi connectivity index (χ2v) is 17.8. The van der Waals surface area contributed by atoms with E-state index < -0.39 is 5.41 Å². The van der Waals surface area contributed by atoms with Crippen molar-refractivity contribution >= 4 is 23.3 Å². The zero-order valence-electron chi connectivity index (χ0n) is 37.9. The van der Waals surface area contributed by atoms with Gasteiger partial charge in [0.15, 0.2) is 0 Å². The molecule has 0 heterocycles. The third-order valence-electron chi connectivity index (χ3n) is 13.6. The van der Waals surface area contributed by atoms with Crippen molar-refractivity contribution in [2.75, 3.05) is 0 Å². The van der Waals surface area contributed by atoms with Crippen LogP contribution in [0.5, 0.6) is 0 Å². The zero-order valence-corrected chi connectivity index (χ0v) is 37.9. The quantitative estimate of drug-likeness (QED) is 0.120. The molecule has 0 unspecified atom stereocenters. The molecule has 0 spiro atoms. The average molecular weight is 855 g/mol. The molecule has 0 N–H and O–H groups in total. The summed E-state index contributed by atoms with van der Waals surface area (Å²) in [5.41, 5.74) is 24.1. The number of fused-ring (bicyclic) bond motifs is 3. The maximum Gasteiger partial charge on any atom is 0.0713 e. The van der Waals surface area contributed by atoms with Crippen molar-refractivity contribution in [3.05, 3.63) is 322 Å². The van der Waals surface area contributed by atoms with Gasteiger partial charge in [-0.2, -0.15) is 0 Å². The molecule has 0 amide bonds. The lowest BCUT2D eigenvalue weighted by molar-refractivity contribution is 0.769. The third-order valence-corrected chi connectivity index (χ3v) is 13.6. The maximum atomic E-state index is 2.35. The highest BCUT2D eigenvalue weighted by Gasteiger charge is 2.45. The van der Waals surface area contributed by atoms with E-state index >= 15 is 0 Å². The SMILES string of the molecule is Cc1ccc(C(=Cc2ccc(-c3ccc(C4(c5ccc(-c6ccc(C=C(c7ccccc7)c7ccc(C)cc7)cc6)cc5)c5ccccc5-c5ccccc54)cc3)cc2)c2ccccc2)cc1. The first kappa shape index (κ1) is 41.4. The van der Waals surface area contributed by atoms with Crippen molar-refractivity contribution < 1.29 is 0 Å². The summed E-state index contributed by atoms with van der Waals surface area (Å²) in [4.78, 5) is 0. The molecule has 0 saturated carbocycles. The van der Waals surface area contributed by atoms with Crippen LogP contribution in [-0.2, 0) is 5.41 Å². The normalized spacial score (nSPS) is 12.9. The second-order valence-electron chi connectivity index (χ2n) is 17.8.